The van der Waals surface area contributed by atoms with Gasteiger partial charge in [-0.05, 0) is 55.9 Å². The van der Waals surface area contributed by atoms with Gasteiger partial charge in [0.1, 0.15) is 22.6 Å². The molecule has 1 N–H and O–H groups in total. The Hall–Kier alpha value is -2.94. The lowest BCUT2D eigenvalue weighted by Gasteiger charge is -2.31. The Morgan fingerprint density at radius 1 is 1.18 bits per heavy atom. The quantitative estimate of drug-likeness (QED) is 0.465. The summed E-state index contributed by atoms with van der Waals surface area (Å²) < 4.78 is 23.6. The number of benzene rings is 1. The monoisotopic (exact) mass is 484 g/mol. The molecule has 0 amide bonds. The largest absolute Gasteiger partial charge is 0.508 e. The van der Waals surface area contributed by atoms with E-state index in [9.17, 15) is 9.18 Å². The topological polar surface area (TPSA) is 76.6 Å². The molecule has 3 aromatic rings. The van der Waals surface area contributed by atoms with E-state index >= 15 is 0 Å². The van der Waals surface area contributed by atoms with E-state index in [1.807, 2.05) is 0 Å². The van der Waals surface area contributed by atoms with Gasteiger partial charge in [0.2, 0.25) is 5.95 Å². The molecule has 180 valence electrons. The lowest BCUT2D eigenvalue weighted by atomic mass is 9.97. The van der Waals surface area contributed by atoms with Gasteiger partial charge in [-0.25, -0.2) is 14.2 Å². The molecule has 1 aromatic carbocycles. The highest BCUT2D eigenvalue weighted by Crippen LogP contribution is 2.40. The Morgan fingerprint density at radius 2 is 1.94 bits per heavy atom. The van der Waals surface area contributed by atoms with Crippen molar-refractivity contribution in [3.8, 4) is 0 Å². The molecule has 2 aliphatic rings. The first kappa shape index (κ1) is 22.8. The van der Waals surface area contributed by atoms with Gasteiger partial charge in [-0.1, -0.05) is 12.1 Å². The van der Waals surface area contributed by atoms with E-state index in [0.717, 1.165) is 34.4 Å². The maximum atomic E-state index is 13.3. The average Bonchev–Trinajstić information content (AvgIpc) is 3.23. The average molecular weight is 485 g/mol. The predicted octanol–water partition coefficient (Wildman–Crippen LogP) is 5.46. The highest BCUT2D eigenvalue weighted by atomic mass is 32.1. The van der Waals surface area contributed by atoms with Crippen LogP contribution in [0.25, 0.3) is 10.2 Å². The van der Waals surface area contributed by atoms with Crippen LogP contribution in [-0.2, 0) is 28.9 Å². The molecule has 9 heteroatoms. The van der Waals surface area contributed by atoms with E-state index in [0.29, 0.717) is 45.0 Å². The molecule has 1 aliphatic heterocycles. The zero-order chi connectivity index (χ0) is 23.5. The third-order valence-electron chi connectivity index (χ3n) is 6.43. The normalized spacial score (nSPS) is 16.4. The van der Waals surface area contributed by atoms with Crippen LogP contribution in [-0.4, -0.2) is 41.9 Å². The number of aryl methyl sites for hydroxylation is 2. The number of thiophene rings is 1. The molecule has 3 heterocycles. The molecule has 7 nitrogen and oxygen atoms in total. The fourth-order valence-electron chi connectivity index (χ4n) is 4.67. The third kappa shape index (κ3) is 4.94. The number of nitrogens with zero attached hydrogens (tertiary/aromatic N) is 3. The summed E-state index contributed by atoms with van der Waals surface area (Å²) in [6.07, 6.45) is 5.22. The summed E-state index contributed by atoms with van der Waals surface area (Å²) in [6.45, 7) is 4.05. The second-order valence-electron chi connectivity index (χ2n) is 8.73. The van der Waals surface area contributed by atoms with Crippen molar-refractivity contribution in [3.05, 3.63) is 46.1 Å². The van der Waals surface area contributed by atoms with E-state index in [1.54, 1.807) is 30.4 Å². The number of halogens is 1. The minimum absolute atomic E-state index is 0.149. The van der Waals surface area contributed by atoms with E-state index in [1.165, 1.54) is 35.4 Å². The molecule has 5 rings (SSSR count). The van der Waals surface area contributed by atoms with E-state index in [4.69, 9.17) is 19.4 Å². The van der Waals surface area contributed by atoms with Crippen LogP contribution < -0.4 is 10.2 Å². The molecule has 0 saturated carbocycles. The second-order valence-corrected chi connectivity index (χ2v) is 9.81. The van der Waals surface area contributed by atoms with Crippen LogP contribution >= 0.6 is 11.3 Å². The van der Waals surface area contributed by atoms with Crippen molar-refractivity contribution < 1.29 is 18.7 Å². The molecule has 0 bridgehead atoms. The molecular formula is C25H29FN4O3S. The molecule has 0 radical (unpaired) electrons. The van der Waals surface area contributed by atoms with Gasteiger partial charge in [0, 0.05) is 37.4 Å². The Morgan fingerprint density at radius 3 is 2.71 bits per heavy atom. The molecule has 0 spiro atoms. The maximum absolute atomic E-state index is 13.3. The summed E-state index contributed by atoms with van der Waals surface area (Å²) in [5, 5.41) is 4.64. The first-order chi connectivity index (χ1) is 16.6. The van der Waals surface area contributed by atoms with Crippen LogP contribution in [0.4, 0.5) is 21.0 Å². The van der Waals surface area contributed by atoms with Gasteiger partial charge < -0.3 is 19.7 Å². The number of nitrogens with one attached hydrogen (secondary N) is 1. The molecule has 2 aromatic heterocycles. The molecule has 1 aliphatic carbocycles. The van der Waals surface area contributed by atoms with Crippen LogP contribution in [0.1, 0.15) is 48.6 Å². The van der Waals surface area contributed by atoms with Crippen LogP contribution in [0.5, 0.6) is 0 Å². The number of carbonyl (C=O) groups excluding carboxylic acids is 1. The van der Waals surface area contributed by atoms with Gasteiger partial charge in [-0.2, -0.15) is 4.98 Å². The zero-order valence-corrected chi connectivity index (χ0v) is 20.1. The van der Waals surface area contributed by atoms with Crippen LogP contribution in [0.3, 0.4) is 0 Å². The van der Waals surface area contributed by atoms with Crippen molar-refractivity contribution in [3.63, 3.8) is 0 Å². The summed E-state index contributed by atoms with van der Waals surface area (Å²) >= 11 is 1.78. The second kappa shape index (κ2) is 10.1. The highest BCUT2D eigenvalue weighted by Gasteiger charge is 2.27. The van der Waals surface area contributed by atoms with Gasteiger partial charge in [0.05, 0.1) is 12.0 Å². The van der Waals surface area contributed by atoms with Crippen molar-refractivity contribution in [1.82, 2.24) is 9.97 Å². The third-order valence-corrected chi connectivity index (χ3v) is 7.61. The first-order valence-electron chi connectivity index (χ1n) is 12.0. The summed E-state index contributed by atoms with van der Waals surface area (Å²) in [6, 6.07) is 6.54. The Labute approximate surface area is 202 Å². The molecule has 1 fully saturated rings. The van der Waals surface area contributed by atoms with Gasteiger partial charge >= 0.3 is 6.16 Å². The Kier molecular flexibility index (Phi) is 6.80. The Bertz CT molecular complexity index is 1160. The number of hydrogen-bond acceptors (Lipinski definition) is 8. The molecule has 1 saturated heterocycles. The van der Waals surface area contributed by atoms with Crippen molar-refractivity contribution in [1.29, 1.82) is 0 Å². The molecule has 0 unspecified atom stereocenters. The van der Waals surface area contributed by atoms with Gasteiger partial charge in [-0.3, -0.25) is 0 Å². The van der Waals surface area contributed by atoms with E-state index < -0.39 is 6.16 Å². The van der Waals surface area contributed by atoms with Gasteiger partial charge in [0.15, 0.2) is 0 Å². The lowest BCUT2D eigenvalue weighted by Crippen LogP contribution is -2.39. The van der Waals surface area contributed by atoms with E-state index in [2.05, 4.69) is 10.2 Å². The van der Waals surface area contributed by atoms with Crippen molar-refractivity contribution in [2.45, 2.75) is 58.1 Å². The van der Waals surface area contributed by atoms with Crippen molar-refractivity contribution in [2.24, 2.45) is 0 Å². The van der Waals surface area contributed by atoms with Crippen LogP contribution in [0.2, 0.25) is 0 Å². The summed E-state index contributed by atoms with van der Waals surface area (Å²) in [5.41, 5.74) is 2.37. The SMILES string of the molecule is CCOC(=O)OC1CCN(c2nc(NCc3ccc(F)cc3)c3c4c(sc3n2)CCCC4)CC1. The van der Waals surface area contributed by atoms with E-state index in [-0.39, 0.29) is 11.9 Å². The fraction of sp³-hybridized carbons (Fsp3) is 0.480. The number of carbonyl (C=O) groups is 1. The zero-order valence-electron chi connectivity index (χ0n) is 19.3. The number of ether oxygens (including phenoxy) is 2. The summed E-state index contributed by atoms with van der Waals surface area (Å²) in [5.74, 6) is 1.30. The first-order valence-corrected chi connectivity index (χ1v) is 12.8. The number of hydrogen-bond donors (Lipinski definition) is 1. The van der Waals surface area contributed by atoms with Gasteiger partial charge in [0.25, 0.3) is 0 Å². The Balaban J connectivity index is 1.38. The van der Waals surface area contributed by atoms with Crippen LogP contribution in [0.15, 0.2) is 24.3 Å². The van der Waals surface area contributed by atoms with Crippen LogP contribution in [0, 0.1) is 5.82 Å². The minimum atomic E-state index is -0.602. The smallest absolute Gasteiger partial charge is 0.435 e. The van der Waals surface area contributed by atoms with Crippen molar-refractivity contribution in [2.75, 3.05) is 29.9 Å². The molecule has 0 atom stereocenters. The number of piperidine rings is 1. The summed E-state index contributed by atoms with van der Waals surface area (Å²) in [4.78, 5) is 26.2. The number of aromatic nitrogens is 2. The highest BCUT2D eigenvalue weighted by molar-refractivity contribution is 7.19. The van der Waals surface area contributed by atoms with Gasteiger partial charge in [-0.15, -0.1) is 11.3 Å². The number of fused-ring (bicyclic) bond motifs is 3. The standard InChI is InChI=1S/C25H29FN4O3S/c1-2-32-25(31)33-18-11-13-30(14-12-18)24-28-22(27-15-16-7-9-17(26)10-8-16)21-19-5-3-4-6-20(19)34-23(21)29-24/h7-10,18H,2-6,11-15H2,1H3,(H,27,28,29). The fourth-order valence-corrected chi connectivity index (χ4v) is 5.92. The maximum Gasteiger partial charge on any atom is 0.508 e. The lowest BCUT2D eigenvalue weighted by molar-refractivity contribution is 0.0183. The molecule has 34 heavy (non-hydrogen) atoms. The predicted molar refractivity (Wildman–Crippen MR) is 131 cm³/mol. The number of anilines is 2. The van der Waals surface area contributed by atoms with Crippen molar-refractivity contribution >= 4 is 39.5 Å². The summed E-state index contributed by atoms with van der Waals surface area (Å²) in [7, 11) is 0. The number of rotatable bonds is 6. The molecular weight excluding hydrogens is 455 g/mol. The minimum Gasteiger partial charge on any atom is -0.435 e.